The van der Waals surface area contributed by atoms with Gasteiger partial charge in [-0.15, -0.1) is 0 Å². The molecule has 106 valence electrons. The summed E-state index contributed by atoms with van der Waals surface area (Å²) in [5, 5.41) is 3.21. The molecule has 2 rings (SSSR count). The van der Waals surface area contributed by atoms with Crippen LogP contribution in [-0.2, 0) is 4.74 Å². The molecule has 0 saturated carbocycles. The summed E-state index contributed by atoms with van der Waals surface area (Å²) < 4.78 is 24.0. The zero-order chi connectivity index (χ0) is 13.7. The molecule has 1 heterocycles. The van der Waals surface area contributed by atoms with Gasteiger partial charge in [-0.3, -0.25) is 0 Å². The van der Waals surface area contributed by atoms with Crippen LogP contribution >= 0.6 is 0 Å². The number of hydrogen-bond donors (Lipinski definition) is 2. The van der Waals surface area contributed by atoms with Crippen LogP contribution in [0.4, 0.5) is 15.8 Å². The van der Waals surface area contributed by atoms with Crippen molar-refractivity contribution >= 4 is 11.4 Å². The molecule has 1 aromatic rings. The second kappa shape index (κ2) is 6.61. The fraction of sp³-hybridized carbons (Fsp3) is 0.571. The number of nitrogen functional groups attached to an aromatic ring is 1. The van der Waals surface area contributed by atoms with Gasteiger partial charge in [0, 0.05) is 25.3 Å². The van der Waals surface area contributed by atoms with Gasteiger partial charge in [-0.2, -0.15) is 0 Å². The molecule has 0 bridgehead atoms. The number of benzene rings is 1. The van der Waals surface area contributed by atoms with E-state index in [4.69, 9.17) is 15.2 Å². The molecule has 3 N–H and O–H groups in total. The van der Waals surface area contributed by atoms with Gasteiger partial charge >= 0.3 is 0 Å². The normalized spacial score (nSPS) is 19.2. The number of halogens is 1. The van der Waals surface area contributed by atoms with E-state index in [1.165, 1.54) is 19.6 Å². The maximum Gasteiger partial charge on any atom is 0.167 e. The fourth-order valence-corrected chi connectivity index (χ4v) is 2.28. The highest BCUT2D eigenvalue weighted by atomic mass is 19.1. The zero-order valence-corrected chi connectivity index (χ0v) is 11.2. The van der Waals surface area contributed by atoms with E-state index in [0.29, 0.717) is 17.5 Å². The average Bonchev–Trinajstić information content (AvgIpc) is 2.42. The number of methoxy groups -OCH3 is 1. The van der Waals surface area contributed by atoms with Crippen molar-refractivity contribution in [3.05, 3.63) is 17.9 Å². The van der Waals surface area contributed by atoms with Crippen LogP contribution in [0, 0.1) is 5.82 Å². The van der Waals surface area contributed by atoms with Gasteiger partial charge in [0.1, 0.15) is 0 Å². The second-order valence-corrected chi connectivity index (χ2v) is 4.78. The highest BCUT2D eigenvalue weighted by molar-refractivity contribution is 5.68. The third-order valence-corrected chi connectivity index (χ3v) is 3.38. The van der Waals surface area contributed by atoms with Crippen molar-refractivity contribution in [2.75, 3.05) is 31.3 Å². The second-order valence-electron chi connectivity index (χ2n) is 4.78. The molecule has 1 fully saturated rings. The molecule has 19 heavy (non-hydrogen) atoms. The van der Waals surface area contributed by atoms with E-state index in [1.807, 2.05) is 0 Å². The highest BCUT2D eigenvalue weighted by Crippen LogP contribution is 2.28. The number of anilines is 2. The van der Waals surface area contributed by atoms with Crippen LogP contribution in [0.25, 0.3) is 0 Å². The van der Waals surface area contributed by atoms with Gasteiger partial charge in [-0.05, 0) is 25.7 Å². The number of hydrogen-bond acceptors (Lipinski definition) is 4. The minimum Gasteiger partial charge on any atom is -0.494 e. The summed E-state index contributed by atoms with van der Waals surface area (Å²) >= 11 is 0. The summed E-state index contributed by atoms with van der Waals surface area (Å²) in [5.41, 5.74) is 6.87. The lowest BCUT2D eigenvalue weighted by Crippen LogP contribution is -2.22. The molecule has 1 aliphatic heterocycles. The zero-order valence-electron chi connectivity index (χ0n) is 11.2. The van der Waals surface area contributed by atoms with Gasteiger partial charge < -0.3 is 20.5 Å². The standard InChI is InChI=1S/C14H21FN2O2/c1-18-14-9-13(12(16)8-11(14)15)17-6-5-10-4-2-3-7-19-10/h8-10,17H,2-7,16H2,1H3. The topological polar surface area (TPSA) is 56.5 Å². The quantitative estimate of drug-likeness (QED) is 0.806. The van der Waals surface area contributed by atoms with E-state index in [-0.39, 0.29) is 5.75 Å². The molecule has 1 atom stereocenters. The third-order valence-electron chi connectivity index (χ3n) is 3.38. The van der Waals surface area contributed by atoms with Crippen molar-refractivity contribution in [1.29, 1.82) is 0 Å². The maximum absolute atomic E-state index is 13.4. The van der Waals surface area contributed by atoms with E-state index >= 15 is 0 Å². The monoisotopic (exact) mass is 268 g/mol. The van der Waals surface area contributed by atoms with Crippen molar-refractivity contribution in [3.63, 3.8) is 0 Å². The van der Waals surface area contributed by atoms with Crippen LogP contribution in [0.5, 0.6) is 5.75 Å². The van der Waals surface area contributed by atoms with Crippen molar-refractivity contribution in [2.45, 2.75) is 31.8 Å². The molecule has 0 aliphatic carbocycles. The minimum atomic E-state index is -0.443. The van der Waals surface area contributed by atoms with Crippen molar-refractivity contribution < 1.29 is 13.9 Å². The van der Waals surface area contributed by atoms with E-state index in [0.717, 1.165) is 32.4 Å². The number of nitrogens with two attached hydrogens (primary N) is 1. The van der Waals surface area contributed by atoms with E-state index < -0.39 is 5.82 Å². The molecule has 1 saturated heterocycles. The lowest BCUT2D eigenvalue weighted by Gasteiger charge is -2.23. The Morgan fingerprint density at radius 1 is 1.47 bits per heavy atom. The SMILES string of the molecule is COc1cc(NCCC2CCCCO2)c(N)cc1F. The first-order valence-corrected chi connectivity index (χ1v) is 6.69. The summed E-state index contributed by atoms with van der Waals surface area (Å²) in [6.07, 6.45) is 4.76. The van der Waals surface area contributed by atoms with Crippen molar-refractivity contribution in [2.24, 2.45) is 0 Å². The molecule has 0 aromatic heterocycles. The Bertz CT molecular complexity index is 420. The number of rotatable bonds is 5. The summed E-state index contributed by atoms with van der Waals surface area (Å²) in [5.74, 6) is -0.244. The Kier molecular flexibility index (Phi) is 4.85. The Labute approximate surface area is 113 Å². The van der Waals surface area contributed by atoms with E-state index in [2.05, 4.69) is 5.32 Å². The first-order chi connectivity index (χ1) is 9.20. The fourth-order valence-electron chi connectivity index (χ4n) is 2.28. The predicted octanol–water partition coefficient (Wildman–Crippen LogP) is 2.79. The predicted molar refractivity (Wildman–Crippen MR) is 74.1 cm³/mol. The van der Waals surface area contributed by atoms with Crippen LogP contribution in [0.2, 0.25) is 0 Å². The Morgan fingerprint density at radius 2 is 2.32 bits per heavy atom. The molecule has 0 amide bonds. The highest BCUT2D eigenvalue weighted by Gasteiger charge is 2.14. The molecule has 1 aliphatic rings. The van der Waals surface area contributed by atoms with Gasteiger partial charge in [-0.1, -0.05) is 0 Å². The van der Waals surface area contributed by atoms with Crippen molar-refractivity contribution in [3.8, 4) is 5.75 Å². The third kappa shape index (κ3) is 3.73. The molecule has 0 spiro atoms. The molecule has 0 radical (unpaired) electrons. The lowest BCUT2D eigenvalue weighted by atomic mass is 10.1. The Hall–Kier alpha value is -1.49. The summed E-state index contributed by atoms with van der Waals surface area (Å²) in [6.45, 7) is 1.61. The van der Waals surface area contributed by atoms with Crippen molar-refractivity contribution in [1.82, 2.24) is 0 Å². The van der Waals surface area contributed by atoms with Crippen LogP contribution in [0.15, 0.2) is 12.1 Å². The van der Waals surface area contributed by atoms with Crippen LogP contribution in [-0.4, -0.2) is 26.4 Å². The maximum atomic E-state index is 13.4. The van der Waals surface area contributed by atoms with Crippen LogP contribution < -0.4 is 15.8 Å². The number of nitrogens with one attached hydrogen (secondary N) is 1. The molecular formula is C14H21FN2O2. The largest absolute Gasteiger partial charge is 0.494 e. The number of ether oxygens (including phenoxy) is 2. The van der Waals surface area contributed by atoms with E-state index in [1.54, 1.807) is 6.07 Å². The van der Waals surface area contributed by atoms with Gasteiger partial charge in [0.25, 0.3) is 0 Å². The summed E-state index contributed by atoms with van der Waals surface area (Å²) in [7, 11) is 1.44. The molecule has 4 nitrogen and oxygen atoms in total. The van der Waals surface area contributed by atoms with Gasteiger partial charge in [-0.25, -0.2) is 4.39 Å². The molecule has 5 heteroatoms. The summed E-state index contributed by atoms with van der Waals surface area (Å²) in [4.78, 5) is 0. The first kappa shape index (κ1) is 13.9. The lowest BCUT2D eigenvalue weighted by molar-refractivity contribution is 0.0134. The Morgan fingerprint density at radius 3 is 3.00 bits per heavy atom. The first-order valence-electron chi connectivity index (χ1n) is 6.69. The van der Waals surface area contributed by atoms with Crippen LogP contribution in [0.1, 0.15) is 25.7 Å². The van der Waals surface area contributed by atoms with E-state index in [9.17, 15) is 4.39 Å². The molecular weight excluding hydrogens is 247 g/mol. The minimum absolute atomic E-state index is 0.200. The Balaban J connectivity index is 1.88. The molecule has 1 unspecified atom stereocenters. The van der Waals surface area contributed by atoms with Gasteiger partial charge in [0.2, 0.25) is 0 Å². The average molecular weight is 268 g/mol. The van der Waals surface area contributed by atoms with Gasteiger partial charge in [0.15, 0.2) is 11.6 Å². The van der Waals surface area contributed by atoms with Gasteiger partial charge in [0.05, 0.1) is 24.6 Å². The smallest absolute Gasteiger partial charge is 0.167 e. The molecule has 1 aromatic carbocycles. The van der Waals surface area contributed by atoms with Crippen LogP contribution in [0.3, 0.4) is 0 Å². The summed E-state index contributed by atoms with van der Waals surface area (Å²) in [6, 6.07) is 2.87.